The third kappa shape index (κ3) is 2.49. The minimum absolute atomic E-state index is 0. The van der Waals surface area contributed by atoms with Crippen molar-refractivity contribution in [2.45, 2.75) is 13.0 Å². The minimum Gasteiger partial charge on any atom is -1.00 e. The van der Waals surface area contributed by atoms with Crippen molar-refractivity contribution in [3.63, 3.8) is 0 Å². The molecule has 4 rings (SSSR count). The Labute approximate surface area is 134 Å². The highest BCUT2D eigenvalue weighted by atomic mass is 79.9. The Hall–Kier alpha value is -2.00. The molecule has 1 aliphatic heterocycles. The topological polar surface area (TPSA) is 16.8 Å². The van der Waals surface area contributed by atoms with Crippen LogP contribution in [0.1, 0.15) is 17.7 Å². The zero-order chi connectivity index (χ0) is 13.4. The van der Waals surface area contributed by atoms with Gasteiger partial charge in [0.15, 0.2) is 12.7 Å². The van der Waals surface area contributed by atoms with Crippen molar-refractivity contribution in [2.24, 2.45) is 0 Å². The molecule has 0 radical (unpaired) electrons. The number of para-hydroxylation sites is 1. The van der Waals surface area contributed by atoms with Crippen LogP contribution >= 0.6 is 0 Å². The lowest BCUT2D eigenvalue weighted by Crippen LogP contribution is -3.00. The molecule has 2 aromatic heterocycles. The van der Waals surface area contributed by atoms with Crippen molar-refractivity contribution < 1.29 is 21.5 Å². The normalized spacial score (nSPS) is 15.0. The Balaban J connectivity index is 0.00000132. The minimum atomic E-state index is 0. The van der Waals surface area contributed by atoms with Gasteiger partial charge in [0, 0.05) is 35.7 Å². The van der Waals surface area contributed by atoms with Crippen LogP contribution < -0.4 is 21.5 Å². The highest BCUT2D eigenvalue weighted by Crippen LogP contribution is 2.26. The molecule has 0 N–H and O–H groups in total. The number of fused-ring (bicyclic) bond motifs is 2. The van der Waals surface area contributed by atoms with Gasteiger partial charge in [-0.25, -0.2) is 0 Å². The van der Waals surface area contributed by atoms with Gasteiger partial charge in [-0.1, -0.05) is 18.2 Å². The maximum atomic E-state index is 4.43. The molecule has 0 bridgehead atoms. The van der Waals surface area contributed by atoms with Crippen molar-refractivity contribution in [3.05, 3.63) is 72.2 Å². The van der Waals surface area contributed by atoms with Gasteiger partial charge in [-0.15, -0.1) is 0 Å². The Morgan fingerprint density at radius 3 is 2.81 bits per heavy atom. The molecule has 0 fully saturated rings. The summed E-state index contributed by atoms with van der Waals surface area (Å²) in [5.41, 5.74) is 5.04. The highest BCUT2D eigenvalue weighted by molar-refractivity contribution is 5.92. The van der Waals surface area contributed by atoms with E-state index in [1.54, 1.807) is 0 Å². The Bertz CT molecular complexity index is 819. The molecule has 1 aromatic carbocycles. The first-order valence-electron chi connectivity index (χ1n) is 6.95. The van der Waals surface area contributed by atoms with Crippen LogP contribution in [-0.4, -0.2) is 4.98 Å². The van der Waals surface area contributed by atoms with E-state index in [2.05, 4.69) is 64.3 Å². The van der Waals surface area contributed by atoms with E-state index in [0.29, 0.717) is 0 Å². The van der Waals surface area contributed by atoms with Gasteiger partial charge in [-0.05, 0) is 29.8 Å². The van der Waals surface area contributed by atoms with E-state index in [0.717, 1.165) is 18.5 Å². The SMILES string of the molecule is C(=C1CC[n+]2ccccc21)c1ccnc2ccccc12.[Br-]. The summed E-state index contributed by atoms with van der Waals surface area (Å²) in [6.07, 6.45) is 7.45. The average Bonchev–Trinajstić information content (AvgIpc) is 2.91. The number of rotatable bonds is 1. The molecule has 0 spiro atoms. The van der Waals surface area contributed by atoms with Gasteiger partial charge < -0.3 is 17.0 Å². The number of hydrogen-bond acceptors (Lipinski definition) is 1. The monoisotopic (exact) mass is 338 g/mol. The molecule has 2 nitrogen and oxygen atoms in total. The van der Waals surface area contributed by atoms with Gasteiger partial charge in [0.2, 0.25) is 5.69 Å². The summed E-state index contributed by atoms with van der Waals surface area (Å²) < 4.78 is 2.31. The predicted octanol–water partition coefficient (Wildman–Crippen LogP) is 0.471. The van der Waals surface area contributed by atoms with Crippen molar-refractivity contribution >= 4 is 22.6 Å². The fraction of sp³-hybridized carbons (Fsp3) is 0.111. The standard InChI is InChI=1S/C18H15N2.BrH/c1-2-6-17-16(5-1)14(8-10-19-17)13-15-9-12-20-11-4-3-7-18(15)20;/h1-8,10-11,13H,9,12H2;1H/q+1;/p-1. The maximum Gasteiger partial charge on any atom is 0.208 e. The summed E-state index contributed by atoms with van der Waals surface area (Å²) >= 11 is 0. The second-order valence-electron chi connectivity index (χ2n) is 5.12. The molecule has 1 aliphatic rings. The third-order valence-corrected chi connectivity index (χ3v) is 3.90. The molecule has 104 valence electrons. The molecule has 3 heteroatoms. The largest absolute Gasteiger partial charge is 1.00 e. The van der Waals surface area contributed by atoms with E-state index in [1.807, 2.05) is 12.3 Å². The highest BCUT2D eigenvalue weighted by Gasteiger charge is 2.22. The van der Waals surface area contributed by atoms with E-state index in [9.17, 15) is 0 Å². The molecular weight excluding hydrogens is 324 g/mol. The average molecular weight is 339 g/mol. The number of aromatic nitrogens is 2. The smallest absolute Gasteiger partial charge is 0.208 e. The van der Waals surface area contributed by atoms with E-state index in [1.165, 1.54) is 22.2 Å². The molecule has 0 atom stereocenters. The summed E-state index contributed by atoms with van der Waals surface area (Å²) in [5, 5.41) is 1.22. The molecule has 3 heterocycles. The van der Waals surface area contributed by atoms with Gasteiger partial charge in [-0.3, -0.25) is 4.98 Å². The first kappa shape index (κ1) is 14.0. The molecule has 0 amide bonds. The number of allylic oxidation sites excluding steroid dienone is 1. The van der Waals surface area contributed by atoms with Gasteiger partial charge in [-0.2, -0.15) is 4.57 Å². The maximum absolute atomic E-state index is 4.43. The number of benzene rings is 1. The lowest BCUT2D eigenvalue weighted by atomic mass is 10.0. The Morgan fingerprint density at radius 2 is 1.86 bits per heavy atom. The van der Waals surface area contributed by atoms with Crippen LogP contribution in [-0.2, 0) is 6.54 Å². The first-order valence-corrected chi connectivity index (χ1v) is 6.95. The van der Waals surface area contributed by atoms with Crippen LogP contribution in [0, 0.1) is 0 Å². The van der Waals surface area contributed by atoms with Crippen LogP contribution in [0.4, 0.5) is 0 Å². The zero-order valence-corrected chi connectivity index (χ0v) is 13.1. The fourth-order valence-corrected chi connectivity index (χ4v) is 2.91. The first-order chi connectivity index (χ1) is 9.92. The summed E-state index contributed by atoms with van der Waals surface area (Å²) in [6.45, 7) is 1.07. The molecule has 21 heavy (non-hydrogen) atoms. The lowest BCUT2D eigenvalue weighted by molar-refractivity contribution is -0.689. The van der Waals surface area contributed by atoms with Crippen LogP contribution in [0.5, 0.6) is 0 Å². The lowest BCUT2D eigenvalue weighted by Gasteiger charge is -2.02. The Morgan fingerprint density at radius 1 is 1.00 bits per heavy atom. The zero-order valence-electron chi connectivity index (χ0n) is 11.5. The molecule has 0 saturated carbocycles. The van der Waals surface area contributed by atoms with Crippen LogP contribution in [0.3, 0.4) is 0 Å². The predicted molar refractivity (Wildman–Crippen MR) is 80.9 cm³/mol. The van der Waals surface area contributed by atoms with Crippen molar-refractivity contribution in [1.29, 1.82) is 0 Å². The summed E-state index contributed by atoms with van der Waals surface area (Å²) in [4.78, 5) is 4.43. The number of nitrogens with zero attached hydrogens (tertiary/aromatic N) is 2. The summed E-state index contributed by atoms with van der Waals surface area (Å²) in [5.74, 6) is 0. The van der Waals surface area contributed by atoms with E-state index >= 15 is 0 Å². The second-order valence-corrected chi connectivity index (χ2v) is 5.12. The van der Waals surface area contributed by atoms with E-state index in [-0.39, 0.29) is 17.0 Å². The van der Waals surface area contributed by atoms with Gasteiger partial charge in [0.1, 0.15) is 0 Å². The van der Waals surface area contributed by atoms with E-state index < -0.39 is 0 Å². The number of halogens is 1. The third-order valence-electron chi connectivity index (χ3n) is 3.90. The Kier molecular flexibility index (Phi) is 3.84. The fourth-order valence-electron chi connectivity index (χ4n) is 2.91. The van der Waals surface area contributed by atoms with E-state index in [4.69, 9.17) is 0 Å². The molecule has 0 saturated heterocycles. The molecule has 0 aliphatic carbocycles. The number of pyridine rings is 2. The van der Waals surface area contributed by atoms with Crippen molar-refractivity contribution in [2.75, 3.05) is 0 Å². The summed E-state index contributed by atoms with van der Waals surface area (Å²) in [7, 11) is 0. The van der Waals surface area contributed by atoms with Gasteiger partial charge in [0.25, 0.3) is 0 Å². The number of aryl methyl sites for hydroxylation is 1. The van der Waals surface area contributed by atoms with Crippen LogP contribution in [0.15, 0.2) is 60.9 Å². The second kappa shape index (κ2) is 5.78. The molecule has 3 aromatic rings. The van der Waals surface area contributed by atoms with Gasteiger partial charge in [0.05, 0.1) is 5.52 Å². The molecule has 0 unspecified atom stereocenters. The van der Waals surface area contributed by atoms with Crippen LogP contribution in [0.25, 0.3) is 22.6 Å². The van der Waals surface area contributed by atoms with Gasteiger partial charge >= 0.3 is 0 Å². The number of hydrogen-bond donors (Lipinski definition) is 0. The quantitative estimate of drug-likeness (QED) is 0.589. The van der Waals surface area contributed by atoms with Crippen LogP contribution in [0.2, 0.25) is 0 Å². The van der Waals surface area contributed by atoms with Crippen molar-refractivity contribution in [3.8, 4) is 0 Å². The van der Waals surface area contributed by atoms with Crippen molar-refractivity contribution in [1.82, 2.24) is 4.98 Å². The summed E-state index contributed by atoms with van der Waals surface area (Å²) in [6, 6.07) is 16.8. The molecular formula is C18H15BrN2.